The topological polar surface area (TPSA) is 55.6 Å². The summed E-state index contributed by atoms with van der Waals surface area (Å²) in [5.74, 6) is 5.91. The largest absolute Gasteiger partial charge is 0.368 e. The highest BCUT2D eigenvalue weighted by Crippen LogP contribution is 2.16. The predicted molar refractivity (Wildman–Crippen MR) is 82.4 cm³/mol. The third-order valence-electron chi connectivity index (χ3n) is 3.51. The van der Waals surface area contributed by atoms with Crippen LogP contribution in [0.4, 0.5) is 0 Å². The van der Waals surface area contributed by atoms with E-state index >= 15 is 0 Å². The minimum Gasteiger partial charge on any atom is -0.368 e. The Kier molecular flexibility index (Phi) is 5.79. The molecule has 4 nitrogen and oxygen atoms in total. The van der Waals surface area contributed by atoms with E-state index in [9.17, 15) is 4.79 Å². The van der Waals surface area contributed by atoms with E-state index in [1.54, 1.807) is 4.90 Å². The summed E-state index contributed by atoms with van der Waals surface area (Å²) in [6, 6.07) is 7.89. The van der Waals surface area contributed by atoms with Gasteiger partial charge in [0.25, 0.3) is 5.91 Å². The third-order valence-corrected chi connectivity index (χ3v) is 3.51. The number of benzene rings is 1. The van der Waals surface area contributed by atoms with Gasteiger partial charge in [-0.1, -0.05) is 24.0 Å². The first kappa shape index (κ1) is 15.6. The molecule has 0 aliphatic carbocycles. The maximum atomic E-state index is 12.3. The van der Waals surface area contributed by atoms with E-state index in [0.717, 1.165) is 30.4 Å². The molecule has 1 atom stereocenters. The Hall–Kier alpha value is -1.83. The lowest BCUT2D eigenvalue weighted by Crippen LogP contribution is -2.39. The summed E-state index contributed by atoms with van der Waals surface area (Å²) in [6.45, 7) is 1.60. The van der Waals surface area contributed by atoms with Crippen LogP contribution in [0.3, 0.4) is 0 Å². The number of hydrogen-bond donors (Lipinski definition) is 1. The summed E-state index contributed by atoms with van der Waals surface area (Å²) in [4.78, 5) is 14.0. The normalized spacial score (nSPS) is 17.7. The van der Waals surface area contributed by atoms with Crippen molar-refractivity contribution in [3.63, 3.8) is 0 Å². The molecular weight excluding hydrogens is 264 g/mol. The maximum absolute atomic E-state index is 12.3. The first-order valence-corrected chi connectivity index (χ1v) is 7.35. The van der Waals surface area contributed by atoms with E-state index in [1.165, 1.54) is 0 Å². The molecule has 1 aliphatic heterocycles. The van der Waals surface area contributed by atoms with Gasteiger partial charge < -0.3 is 15.4 Å². The van der Waals surface area contributed by atoms with E-state index in [2.05, 4.69) is 11.8 Å². The average Bonchev–Trinajstić information content (AvgIpc) is 2.53. The standard InChI is InChI=1S/C17H22N2O2/c1-19(17(20)16-9-2-3-11-21-16)13-15-7-4-6-14(12-15)8-5-10-18/h4,6-7,12,16H,2-3,9-11,13,18H2,1H3. The quantitative estimate of drug-likeness (QED) is 0.857. The zero-order valence-electron chi connectivity index (χ0n) is 12.5. The number of likely N-dealkylation sites (N-methyl/N-ethyl adjacent to an activating group) is 1. The zero-order valence-corrected chi connectivity index (χ0v) is 12.5. The van der Waals surface area contributed by atoms with Gasteiger partial charge in [0.05, 0.1) is 6.54 Å². The minimum atomic E-state index is -0.274. The van der Waals surface area contributed by atoms with Crippen LogP contribution in [0.1, 0.15) is 30.4 Å². The number of carbonyl (C=O) groups excluding carboxylic acids is 1. The molecule has 1 aromatic rings. The molecular formula is C17H22N2O2. The van der Waals surface area contributed by atoms with Gasteiger partial charge in [-0.3, -0.25) is 4.79 Å². The van der Waals surface area contributed by atoms with E-state index < -0.39 is 0 Å². The summed E-state index contributed by atoms with van der Waals surface area (Å²) in [6.07, 6.45) is 2.67. The smallest absolute Gasteiger partial charge is 0.251 e. The van der Waals surface area contributed by atoms with Gasteiger partial charge in [0, 0.05) is 25.8 Å². The van der Waals surface area contributed by atoms with E-state index in [1.807, 2.05) is 31.3 Å². The van der Waals surface area contributed by atoms with Crippen LogP contribution >= 0.6 is 0 Å². The Morgan fingerprint density at radius 1 is 1.48 bits per heavy atom. The number of rotatable bonds is 3. The second-order valence-corrected chi connectivity index (χ2v) is 5.26. The van der Waals surface area contributed by atoms with Crippen molar-refractivity contribution in [3.8, 4) is 11.8 Å². The number of nitrogens with two attached hydrogens (primary N) is 1. The second-order valence-electron chi connectivity index (χ2n) is 5.26. The Morgan fingerprint density at radius 3 is 3.05 bits per heavy atom. The monoisotopic (exact) mass is 286 g/mol. The lowest BCUT2D eigenvalue weighted by Gasteiger charge is -2.26. The average molecular weight is 286 g/mol. The molecule has 1 saturated heterocycles. The fourth-order valence-electron chi connectivity index (χ4n) is 2.43. The Balaban J connectivity index is 1.98. The first-order valence-electron chi connectivity index (χ1n) is 7.35. The molecule has 112 valence electrons. The highest BCUT2D eigenvalue weighted by molar-refractivity contribution is 5.80. The number of amides is 1. The molecule has 21 heavy (non-hydrogen) atoms. The summed E-state index contributed by atoms with van der Waals surface area (Å²) in [5.41, 5.74) is 7.36. The highest BCUT2D eigenvalue weighted by atomic mass is 16.5. The maximum Gasteiger partial charge on any atom is 0.251 e. The molecule has 0 spiro atoms. The van der Waals surface area contributed by atoms with Crippen molar-refractivity contribution in [2.45, 2.75) is 31.9 Å². The van der Waals surface area contributed by atoms with Crippen molar-refractivity contribution in [3.05, 3.63) is 35.4 Å². The predicted octanol–water partition coefficient (Wildman–Crippen LogP) is 1.52. The summed E-state index contributed by atoms with van der Waals surface area (Å²) >= 11 is 0. The van der Waals surface area contributed by atoms with E-state index in [-0.39, 0.29) is 12.0 Å². The number of nitrogens with zero attached hydrogens (tertiary/aromatic N) is 1. The van der Waals surface area contributed by atoms with Crippen LogP contribution in [-0.2, 0) is 16.1 Å². The number of ether oxygens (including phenoxy) is 1. The molecule has 0 saturated carbocycles. The zero-order chi connectivity index (χ0) is 15.1. The van der Waals surface area contributed by atoms with Gasteiger partial charge >= 0.3 is 0 Å². The Labute approximate surface area is 126 Å². The molecule has 4 heteroatoms. The molecule has 2 rings (SSSR count). The Morgan fingerprint density at radius 2 is 2.33 bits per heavy atom. The van der Waals surface area contributed by atoms with Crippen molar-refractivity contribution in [1.29, 1.82) is 0 Å². The molecule has 2 N–H and O–H groups in total. The van der Waals surface area contributed by atoms with E-state index in [0.29, 0.717) is 19.7 Å². The van der Waals surface area contributed by atoms with Gasteiger partial charge in [-0.2, -0.15) is 0 Å². The highest BCUT2D eigenvalue weighted by Gasteiger charge is 2.24. The van der Waals surface area contributed by atoms with Gasteiger partial charge in [0.15, 0.2) is 0 Å². The van der Waals surface area contributed by atoms with Crippen LogP contribution in [0.2, 0.25) is 0 Å². The molecule has 0 radical (unpaired) electrons. The van der Waals surface area contributed by atoms with Gasteiger partial charge in [0.2, 0.25) is 0 Å². The summed E-state index contributed by atoms with van der Waals surface area (Å²) in [7, 11) is 1.82. The lowest BCUT2D eigenvalue weighted by molar-refractivity contribution is -0.145. The van der Waals surface area contributed by atoms with Crippen molar-refractivity contribution in [1.82, 2.24) is 4.90 Å². The minimum absolute atomic E-state index is 0.0631. The van der Waals surface area contributed by atoms with Crippen molar-refractivity contribution >= 4 is 5.91 Å². The molecule has 1 fully saturated rings. The van der Waals surface area contributed by atoms with Crippen LogP contribution in [0.15, 0.2) is 24.3 Å². The van der Waals surface area contributed by atoms with Gasteiger partial charge in [-0.15, -0.1) is 0 Å². The van der Waals surface area contributed by atoms with Crippen molar-refractivity contribution in [2.24, 2.45) is 5.73 Å². The molecule has 1 amide bonds. The van der Waals surface area contributed by atoms with Gasteiger partial charge in [-0.25, -0.2) is 0 Å². The van der Waals surface area contributed by atoms with Gasteiger partial charge in [-0.05, 0) is 37.0 Å². The van der Waals surface area contributed by atoms with Crippen molar-refractivity contribution < 1.29 is 9.53 Å². The third kappa shape index (κ3) is 4.59. The summed E-state index contributed by atoms with van der Waals surface area (Å²) in [5, 5.41) is 0. The number of hydrogen-bond acceptors (Lipinski definition) is 3. The molecule has 1 unspecified atom stereocenters. The molecule has 0 aromatic heterocycles. The first-order chi connectivity index (χ1) is 10.2. The fraction of sp³-hybridized carbons (Fsp3) is 0.471. The van der Waals surface area contributed by atoms with Crippen LogP contribution in [0.25, 0.3) is 0 Å². The fourth-order valence-corrected chi connectivity index (χ4v) is 2.43. The second kappa shape index (κ2) is 7.82. The van der Waals surface area contributed by atoms with Crippen molar-refractivity contribution in [2.75, 3.05) is 20.2 Å². The molecule has 1 aliphatic rings. The van der Waals surface area contributed by atoms with Crippen LogP contribution in [-0.4, -0.2) is 37.1 Å². The Bertz CT molecular complexity index is 539. The lowest BCUT2D eigenvalue weighted by atomic mass is 10.1. The van der Waals surface area contributed by atoms with Crippen LogP contribution in [0.5, 0.6) is 0 Å². The molecule has 1 heterocycles. The summed E-state index contributed by atoms with van der Waals surface area (Å²) < 4.78 is 5.55. The van der Waals surface area contributed by atoms with Gasteiger partial charge in [0.1, 0.15) is 6.10 Å². The van der Waals surface area contributed by atoms with E-state index in [4.69, 9.17) is 10.5 Å². The SMILES string of the molecule is CN(Cc1cccc(C#CCN)c1)C(=O)C1CCCCO1. The molecule has 1 aromatic carbocycles. The number of carbonyl (C=O) groups is 1. The van der Waals surface area contributed by atoms with Crippen LogP contribution < -0.4 is 5.73 Å². The van der Waals surface area contributed by atoms with Crippen LogP contribution in [0, 0.1) is 11.8 Å². The molecule has 0 bridgehead atoms.